The molecule has 0 spiro atoms. The van der Waals surface area contributed by atoms with Gasteiger partial charge < -0.3 is 9.16 Å². The van der Waals surface area contributed by atoms with Crippen molar-refractivity contribution in [2.75, 3.05) is 7.11 Å². The van der Waals surface area contributed by atoms with Crippen LogP contribution in [-0.4, -0.2) is 44.6 Å². The molecular formula is C26H31NO3Si. The van der Waals surface area contributed by atoms with Crippen LogP contribution in [-0.2, 0) is 9.16 Å². The number of carbonyl (C=O) groups is 1. The zero-order valence-corrected chi connectivity index (χ0v) is 19.7. The third-order valence-electron chi connectivity index (χ3n) is 6.93. The molecular weight excluding hydrogens is 402 g/mol. The number of hydrogen-bond donors (Lipinski definition) is 0. The van der Waals surface area contributed by atoms with Crippen molar-refractivity contribution in [3.05, 3.63) is 60.7 Å². The van der Waals surface area contributed by atoms with E-state index in [4.69, 9.17) is 15.6 Å². The lowest BCUT2D eigenvalue weighted by atomic mass is 9.97. The van der Waals surface area contributed by atoms with Gasteiger partial charge in [0.15, 0.2) is 0 Å². The molecule has 2 aliphatic rings. The highest BCUT2D eigenvalue weighted by atomic mass is 28.4. The van der Waals surface area contributed by atoms with Crippen molar-refractivity contribution >= 4 is 24.8 Å². The van der Waals surface area contributed by atoms with Crippen molar-refractivity contribution in [3.8, 4) is 12.3 Å². The monoisotopic (exact) mass is 433 g/mol. The molecule has 1 aliphatic carbocycles. The number of piperidine rings is 1. The van der Waals surface area contributed by atoms with E-state index in [0.717, 1.165) is 12.8 Å². The molecule has 1 aliphatic heterocycles. The summed E-state index contributed by atoms with van der Waals surface area (Å²) in [5, 5.41) is 2.43. The van der Waals surface area contributed by atoms with Crippen LogP contribution in [0.4, 0.5) is 4.79 Å². The fraction of sp³-hybridized carbons (Fsp3) is 0.423. The number of carbonyl (C=O) groups excluding carboxylic acids is 1. The largest absolute Gasteiger partial charge is 0.453 e. The third kappa shape index (κ3) is 3.48. The first-order valence-corrected chi connectivity index (χ1v) is 12.9. The predicted molar refractivity (Wildman–Crippen MR) is 126 cm³/mol. The molecule has 0 N–H and O–H groups in total. The molecule has 0 aromatic heterocycles. The smallest absolute Gasteiger partial charge is 0.410 e. The van der Waals surface area contributed by atoms with Crippen molar-refractivity contribution in [2.45, 2.75) is 56.8 Å². The number of rotatable bonds is 4. The number of hydrogen-bond acceptors (Lipinski definition) is 3. The number of ether oxygens (including phenoxy) is 1. The fourth-order valence-electron chi connectivity index (χ4n) is 5.62. The predicted octanol–water partition coefficient (Wildman–Crippen LogP) is 3.79. The molecule has 5 heteroatoms. The zero-order chi connectivity index (χ0) is 22.2. The zero-order valence-electron chi connectivity index (χ0n) is 18.7. The van der Waals surface area contributed by atoms with Gasteiger partial charge in [0.25, 0.3) is 8.32 Å². The molecule has 1 heterocycles. The van der Waals surface area contributed by atoms with Crippen molar-refractivity contribution in [2.24, 2.45) is 5.92 Å². The van der Waals surface area contributed by atoms with Crippen LogP contribution in [0, 0.1) is 18.3 Å². The van der Waals surface area contributed by atoms with E-state index in [1.54, 1.807) is 4.90 Å². The van der Waals surface area contributed by atoms with Crippen molar-refractivity contribution in [1.29, 1.82) is 0 Å². The second kappa shape index (κ2) is 8.18. The highest BCUT2D eigenvalue weighted by molar-refractivity contribution is 6.99. The lowest BCUT2D eigenvalue weighted by molar-refractivity contribution is 0.0527. The molecule has 0 unspecified atom stereocenters. The fourth-order valence-corrected chi connectivity index (χ4v) is 10.4. The van der Waals surface area contributed by atoms with E-state index in [2.05, 4.69) is 87.4 Å². The summed E-state index contributed by atoms with van der Waals surface area (Å²) in [5.41, 5.74) is 0. The van der Waals surface area contributed by atoms with Gasteiger partial charge in [-0.15, -0.1) is 6.42 Å². The van der Waals surface area contributed by atoms with Crippen LogP contribution in [0.5, 0.6) is 0 Å². The Bertz CT molecular complexity index is 924. The molecule has 4 nitrogen and oxygen atoms in total. The minimum Gasteiger partial charge on any atom is -0.453 e. The van der Waals surface area contributed by atoms with Crippen LogP contribution in [0.2, 0.25) is 5.04 Å². The van der Waals surface area contributed by atoms with Crippen molar-refractivity contribution < 1.29 is 14.0 Å². The molecule has 162 valence electrons. The van der Waals surface area contributed by atoms with E-state index in [0.29, 0.717) is 0 Å². The Hall–Kier alpha value is -2.55. The summed E-state index contributed by atoms with van der Waals surface area (Å²) in [4.78, 5) is 14.1. The van der Waals surface area contributed by atoms with E-state index in [1.807, 2.05) is 0 Å². The number of fused-ring (bicyclic) bond motifs is 2. The van der Waals surface area contributed by atoms with Gasteiger partial charge in [0.05, 0.1) is 13.2 Å². The maximum atomic E-state index is 12.3. The molecule has 0 radical (unpaired) electrons. The molecule has 2 fully saturated rings. The van der Waals surface area contributed by atoms with Gasteiger partial charge in [-0.05, 0) is 28.3 Å². The van der Waals surface area contributed by atoms with Crippen molar-refractivity contribution in [3.63, 3.8) is 0 Å². The molecule has 31 heavy (non-hydrogen) atoms. The summed E-state index contributed by atoms with van der Waals surface area (Å²) in [6.45, 7) is 6.85. The first kappa shape index (κ1) is 21.7. The summed E-state index contributed by atoms with van der Waals surface area (Å²) in [6, 6.07) is 21.1. The van der Waals surface area contributed by atoms with E-state index in [1.165, 1.54) is 17.5 Å². The minimum atomic E-state index is -2.66. The summed E-state index contributed by atoms with van der Waals surface area (Å²) >= 11 is 0. The first-order chi connectivity index (χ1) is 14.8. The first-order valence-electron chi connectivity index (χ1n) is 10.9. The maximum absolute atomic E-state index is 12.3. The highest BCUT2D eigenvalue weighted by Crippen LogP contribution is 2.47. The molecule has 2 aromatic carbocycles. The van der Waals surface area contributed by atoms with E-state index in [-0.39, 0.29) is 35.2 Å². The summed E-state index contributed by atoms with van der Waals surface area (Å²) < 4.78 is 12.3. The van der Waals surface area contributed by atoms with Gasteiger partial charge in [0.2, 0.25) is 0 Å². The number of methoxy groups -OCH3 is 1. The number of benzene rings is 2. The summed E-state index contributed by atoms with van der Waals surface area (Å²) in [6.07, 6.45) is 7.23. The average Bonchev–Trinajstić information content (AvgIpc) is 3.35. The van der Waals surface area contributed by atoms with Crippen LogP contribution in [0.15, 0.2) is 60.7 Å². The van der Waals surface area contributed by atoms with Gasteiger partial charge in [-0.3, -0.25) is 4.90 Å². The topological polar surface area (TPSA) is 38.8 Å². The molecule has 4 rings (SSSR count). The van der Waals surface area contributed by atoms with Gasteiger partial charge in [0.1, 0.15) is 6.04 Å². The molecule has 1 saturated heterocycles. The van der Waals surface area contributed by atoms with Gasteiger partial charge in [0, 0.05) is 12.0 Å². The third-order valence-corrected chi connectivity index (χ3v) is 12.0. The van der Waals surface area contributed by atoms with Gasteiger partial charge in [-0.25, -0.2) is 4.79 Å². The van der Waals surface area contributed by atoms with Crippen LogP contribution in [0.1, 0.15) is 33.6 Å². The number of amides is 1. The maximum Gasteiger partial charge on any atom is 0.410 e. The van der Waals surface area contributed by atoms with Gasteiger partial charge in [-0.1, -0.05) is 87.4 Å². The molecule has 4 atom stereocenters. The second-order valence-electron chi connectivity index (χ2n) is 9.60. The number of nitrogens with zero attached hydrogens (tertiary/aromatic N) is 1. The Labute approximate surface area is 186 Å². The standard InChI is InChI=1S/C26H31NO3Si/c1-6-23-22-17-19(27(23)25(28)29-5)18-24(22)30-31(26(2,3)4,20-13-9-7-10-14-20)21-15-11-8-12-16-21/h1,7-16,19,22-24H,17-18H2,2-5H3/t19-,22-,23+,24+/m1/s1. The van der Waals surface area contributed by atoms with Crippen LogP contribution >= 0.6 is 0 Å². The lowest BCUT2D eigenvalue weighted by Gasteiger charge is -2.47. The summed E-state index contributed by atoms with van der Waals surface area (Å²) in [7, 11) is -1.24. The van der Waals surface area contributed by atoms with Crippen LogP contribution in [0.25, 0.3) is 0 Å². The van der Waals surface area contributed by atoms with Crippen LogP contribution < -0.4 is 10.4 Å². The molecule has 1 saturated carbocycles. The lowest BCUT2D eigenvalue weighted by Crippen LogP contribution is -2.68. The Morgan fingerprint density at radius 1 is 1.03 bits per heavy atom. The Kier molecular flexibility index (Phi) is 5.72. The molecule has 2 bridgehead atoms. The van der Waals surface area contributed by atoms with Gasteiger partial charge in [-0.2, -0.15) is 0 Å². The summed E-state index contributed by atoms with van der Waals surface area (Å²) in [5.74, 6) is 2.98. The molecule has 1 amide bonds. The molecule has 2 aromatic rings. The average molecular weight is 434 g/mol. The van der Waals surface area contributed by atoms with E-state index in [9.17, 15) is 4.79 Å². The Morgan fingerprint density at radius 3 is 2.03 bits per heavy atom. The quantitative estimate of drug-likeness (QED) is 0.544. The van der Waals surface area contributed by atoms with Crippen LogP contribution in [0.3, 0.4) is 0 Å². The van der Waals surface area contributed by atoms with Gasteiger partial charge >= 0.3 is 6.09 Å². The Morgan fingerprint density at radius 2 is 1.58 bits per heavy atom. The Balaban J connectivity index is 1.77. The highest BCUT2D eigenvalue weighted by Gasteiger charge is 2.58. The van der Waals surface area contributed by atoms with E-state index < -0.39 is 8.32 Å². The SMILES string of the molecule is C#C[C@H]1[C@H]2C[C@H](C[C@@H]2O[Si](c2ccccc2)(c2ccccc2)C(C)(C)C)N1C(=O)OC. The number of likely N-dealkylation sites (tertiary alicyclic amines) is 1. The normalized spacial score (nSPS) is 25.3. The van der Waals surface area contributed by atoms with Crippen molar-refractivity contribution in [1.82, 2.24) is 4.90 Å². The van der Waals surface area contributed by atoms with E-state index >= 15 is 0 Å². The minimum absolute atomic E-state index is 0.0123. The number of terminal acetylenes is 1. The second-order valence-corrected chi connectivity index (χ2v) is 13.9.